The van der Waals surface area contributed by atoms with Crippen LogP contribution in [0.4, 0.5) is 0 Å². The maximum Gasteiger partial charge on any atom is 0.251 e. The summed E-state index contributed by atoms with van der Waals surface area (Å²) in [7, 11) is -3.59. The van der Waals surface area contributed by atoms with Gasteiger partial charge in [-0.3, -0.25) is 4.79 Å². The van der Waals surface area contributed by atoms with Gasteiger partial charge in [0, 0.05) is 32.5 Å². The standard InChI is InChI=1S/C23H22IN5O3S2/c24-17-7-5-16(6-8-17)23(30)25-14-19-13-20(15-33-19)34(31,32)28-11-9-18(10-12-28)29-22-4-2-1-3-21(22)26-27-29/h1-8,13,15,18H,9-12,14H2,(H,25,30). The van der Waals surface area contributed by atoms with E-state index in [1.165, 1.54) is 11.3 Å². The molecule has 3 heterocycles. The normalized spacial score (nSPS) is 15.6. The van der Waals surface area contributed by atoms with Crippen LogP contribution in [0.25, 0.3) is 11.0 Å². The van der Waals surface area contributed by atoms with E-state index in [1.54, 1.807) is 27.9 Å². The van der Waals surface area contributed by atoms with Crippen LogP contribution in [0, 0.1) is 3.57 Å². The Hall–Kier alpha value is -2.35. The fraction of sp³-hybridized carbons (Fsp3) is 0.261. The van der Waals surface area contributed by atoms with Crippen molar-refractivity contribution in [2.24, 2.45) is 0 Å². The number of para-hydroxylation sites is 1. The van der Waals surface area contributed by atoms with Crippen LogP contribution < -0.4 is 5.32 Å². The number of sulfonamides is 1. The third-order valence-corrected chi connectivity index (χ3v) is 9.63. The number of hydrogen-bond donors (Lipinski definition) is 1. The number of benzene rings is 2. The van der Waals surface area contributed by atoms with Crippen LogP contribution in [0.1, 0.15) is 34.1 Å². The average Bonchev–Trinajstić information content (AvgIpc) is 3.51. The molecule has 4 aromatic rings. The summed E-state index contributed by atoms with van der Waals surface area (Å²) >= 11 is 3.52. The van der Waals surface area contributed by atoms with Crippen molar-refractivity contribution in [2.75, 3.05) is 13.1 Å². The summed E-state index contributed by atoms with van der Waals surface area (Å²) in [6.07, 6.45) is 1.35. The summed E-state index contributed by atoms with van der Waals surface area (Å²) in [4.78, 5) is 13.4. The van der Waals surface area contributed by atoms with Gasteiger partial charge in [0.1, 0.15) is 5.52 Å². The number of carbonyl (C=O) groups excluding carboxylic acids is 1. The average molecular weight is 607 g/mol. The van der Waals surface area contributed by atoms with Crippen LogP contribution in [-0.4, -0.2) is 46.7 Å². The Morgan fingerprint density at radius 1 is 1.12 bits per heavy atom. The third-order valence-electron chi connectivity index (χ3n) is 5.94. The number of rotatable bonds is 6. The number of halogens is 1. The van der Waals surface area contributed by atoms with Gasteiger partial charge in [-0.25, -0.2) is 13.1 Å². The molecule has 1 amide bonds. The zero-order chi connectivity index (χ0) is 23.7. The topological polar surface area (TPSA) is 97.2 Å². The zero-order valence-electron chi connectivity index (χ0n) is 18.1. The van der Waals surface area contributed by atoms with Crippen LogP contribution in [0.15, 0.2) is 64.9 Å². The van der Waals surface area contributed by atoms with Gasteiger partial charge in [0.05, 0.1) is 23.0 Å². The summed E-state index contributed by atoms with van der Waals surface area (Å²) in [6, 6.07) is 16.9. The Kier molecular flexibility index (Phi) is 6.69. The fourth-order valence-electron chi connectivity index (χ4n) is 4.09. The molecular formula is C23H22IN5O3S2. The number of amides is 1. The van der Waals surface area contributed by atoms with Gasteiger partial charge >= 0.3 is 0 Å². The molecule has 34 heavy (non-hydrogen) atoms. The monoisotopic (exact) mass is 607 g/mol. The quantitative estimate of drug-likeness (QED) is 0.334. The summed E-state index contributed by atoms with van der Waals surface area (Å²) in [6.45, 7) is 1.14. The molecule has 0 spiro atoms. The summed E-state index contributed by atoms with van der Waals surface area (Å²) in [5.41, 5.74) is 2.39. The van der Waals surface area contributed by atoms with Crippen LogP contribution >= 0.6 is 33.9 Å². The van der Waals surface area contributed by atoms with E-state index in [4.69, 9.17) is 0 Å². The van der Waals surface area contributed by atoms with Crippen molar-refractivity contribution in [3.8, 4) is 0 Å². The number of fused-ring (bicyclic) bond motifs is 1. The highest BCUT2D eigenvalue weighted by atomic mass is 127. The molecule has 11 heteroatoms. The molecule has 1 aliphatic rings. The maximum atomic E-state index is 13.2. The van der Waals surface area contributed by atoms with E-state index in [0.717, 1.165) is 19.5 Å². The first-order valence-corrected chi connectivity index (χ1v) is 14.2. The predicted octanol–water partition coefficient (Wildman–Crippen LogP) is 4.05. The molecule has 0 unspecified atom stereocenters. The second kappa shape index (κ2) is 9.72. The third kappa shape index (κ3) is 4.74. The Morgan fingerprint density at radius 2 is 1.85 bits per heavy atom. The number of carbonyl (C=O) groups is 1. The maximum absolute atomic E-state index is 13.2. The lowest BCUT2D eigenvalue weighted by molar-refractivity contribution is 0.0951. The molecule has 5 rings (SSSR count). The molecule has 0 aliphatic carbocycles. The number of piperidine rings is 1. The smallest absolute Gasteiger partial charge is 0.251 e. The van der Waals surface area contributed by atoms with E-state index in [0.29, 0.717) is 31.5 Å². The van der Waals surface area contributed by atoms with E-state index in [-0.39, 0.29) is 23.4 Å². The number of nitrogens with one attached hydrogen (secondary N) is 1. The van der Waals surface area contributed by atoms with Gasteiger partial charge in [-0.1, -0.05) is 17.3 Å². The molecule has 0 bridgehead atoms. The SMILES string of the molecule is O=C(NCc1cc(S(=O)(=O)N2CCC(n3nnc4ccccc43)CC2)cs1)c1ccc(I)cc1. The molecule has 1 aliphatic heterocycles. The van der Waals surface area contributed by atoms with Gasteiger partial charge in [-0.05, 0) is 77.9 Å². The Morgan fingerprint density at radius 3 is 2.62 bits per heavy atom. The predicted molar refractivity (Wildman–Crippen MR) is 139 cm³/mol. The van der Waals surface area contributed by atoms with E-state index in [1.807, 2.05) is 41.1 Å². The van der Waals surface area contributed by atoms with Crippen molar-refractivity contribution >= 4 is 60.9 Å². The molecule has 0 atom stereocenters. The first-order valence-electron chi connectivity index (χ1n) is 10.8. The summed E-state index contributed by atoms with van der Waals surface area (Å²) in [5, 5.41) is 13.0. The van der Waals surface area contributed by atoms with Crippen LogP contribution in [0.3, 0.4) is 0 Å². The minimum Gasteiger partial charge on any atom is -0.347 e. The van der Waals surface area contributed by atoms with E-state index >= 15 is 0 Å². The lowest BCUT2D eigenvalue weighted by Gasteiger charge is -2.31. The Labute approximate surface area is 215 Å². The molecule has 176 valence electrons. The molecule has 0 saturated carbocycles. The second-order valence-corrected chi connectivity index (χ2v) is 12.3. The first-order chi connectivity index (χ1) is 16.4. The number of hydrogen-bond acceptors (Lipinski definition) is 6. The van der Waals surface area contributed by atoms with Crippen molar-refractivity contribution in [2.45, 2.75) is 30.3 Å². The van der Waals surface area contributed by atoms with Crippen molar-refractivity contribution in [1.82, 2.24) is 24.6 Å². The number of aromatic nitrogens is 3. The zero-order valence-corrected chi connectivity index (χ0v) is 21.9. The van der Waals surface area contributed by atoms with Crippen molar-refractivity contribution in [1.29, 1.82) is 0 Å². The highest BCUT2D eigenvalue weighted by Gasteiger charge is 2.31. The van der Waals surface area contributed by atoms with Gasteiger partial charge in [-0.2, -0.15) is 4.31 Å². The van der Waals surface area contributed by atoms with Gasteiger partial charge in [0.2, 0.25) is 10.0 Å². The van der Waals surface area contributed by atoms with E-state index in [9.17, 15) is 13.2 Å². The molecule has 8 nitrogen and oxygen atoms in total. The lowest BCUT2D eigenvalue weighted by Crippen LogP contribution is -2.39. The van der Waals surface area contributed by atoms with Crippen molar-refractivity contribution in [3.05, 3.63) is 74.0 Å². The van der Waals surface area contributed by atoms with Gasteiger partial charge < -0.3 is 5.32 Å². The molecule has 2 aromatic heterocycles. The number of thiophene rings is 1. The second-order valence-electron chi connectivity index (χ2n) is 8.10. The van der Waals surface area contributed by atoms with Gasteiger partial charge in [0.15, 0.2) is 0 Å². The largest absolute Gasteiger partial charge is 0.347 e. The minimum absolute atomic E-state index is 0.119. The van der Waals surface area contributed by atoms with Crippen molar-refractivity contribution in [3.63, 3.8) is 0 Å². The highest BCUT2D eigenvalue weighted by molar-refractivity contribution is 14.1. The fourth-order valence-corrected chi connectivity index (χ4v) is 7.12. The Balaban J connectivity index is 1.21. The number of nitrogens with zero attached hydrogens (tertiary/aromatic N) is 4. The molecule has 1 fully saturated rings. The lowest BCUT2D eigenvalue weighted by atomic mass is 10.1. The van der Waals surface area contributed by atoms with Gasteiger partial charge in [0.25, 0.3) is 5.91 Å². The first kappa shape index (κ1) is 23.4. The molecule has 1 saturated heterocycles. The molecule has 2 aromatic carbocycles. The van der Waals surface area contributed by atoms with Crippen LogP contribution in [0.2, 0.25) is 0 Å². The van der Waals surface area contributed by atoms with Crippen LogP contribution in [0.5, 0.6) is 0 Å². The molecule has 1 N–H and O–H groups in total. The highest BCUT2D eigenvalue weighted by Crippen LogP contribution is 2.30. The van der Waals surface area contributed by atoms with E-state index in [2.05, 4.69) is 38.2 Å². The van der Waals surface area contributed by atoms with E-state index < -0.39 is 10.0 Å². The minimum atomic E-state index is -3.59. The molecule has 0 radical (unpaired) electrons. The molecular weight excluding hydrogens is 585 g/mol. The Bertz CT molecular complexity index is 1420. The summed E-state index contributed by atoms with van der Waals surface area (Å²) < 4.78 is 30.9. The summed E-state index contributed by atoms with van der Waals surface area (Å²) in [5.74, 6) is -0.183. The van der Waals surface area contributed by atoms with Gasteiger partial charge in [-0.15, -0.1) is 16.4 Å². The van der Waals surface area contributed by atoms with Crippen molar-refractivity contribution < 1.29 is 13.2 Å². The van der Waals surface area contributed by atoms with Crippen LogP contribution in [-0.2, 0) is 16.6 Å².